The van der Waals surface area contributed by atoms with Gasteiger partial charge in [0, 0.05) is 0 Å². The lowest BCUT2D eigenvalue weighted by Crippen LogP contribution is -1.91. The third-order valence-electron chi connectivity index (χ3n) is 1.53. The first-order chi connectivity index (χ1) is 5.38. The van der Waals surface area contributed by atoms with Crippen molar-refractivity contribution in [2.24, 2.45) is 0 Å². The number of hydrogen-bond donors (Lipinski definition) is 0. The lowest BCUT2D eigenvalue weighted by molar-refractivity contribution is 1.01. The molecule has 0 saturated heterocycles. The number of hydrogen-bond acceptors (Lipinski definition) is 2. The molecule has 1 aromatic rings. The van der Waals surface area contributed by atoms with Crippen LogP contribution in [0.15, 0.2) is 17.9 Å². The van der Waals surface area contributed by atoms with Crippen LogP contribution in [0.25, 0.3) is 12.3 Å². The van der Waals surface area contributed by atoms with Crippen molar-refractivity contribution in [3.8, 4) is 0 Å². The molecule has 1 aromatic heterocycles. The Balaban J connectivity index is 2.71. The molecule has 0 atom stereocenters. The Labute approximate surface area is 64.4 Å². The number of allylic oxidation sites excluding steroid dienone is 2. The van der Waals surface area contributed by atoms with Gasteiger partial charge in [-0.25, -0.2) is 0 Å². The molecule has 0 aromatic carbocycles. The van der Waals surface area contributed by atoms with E-state index < -0.39 is 0 Å². The molecule has 11 heavy (non-hydrogen) atoms. The lowest BCUT2D eigenvalue weighted by atomic mass is 10.5. The van der Waals surface area contributed by atoms with E-state index in [1.807, 2.05) is 35.9 Å². The smallest absolute Gasteiger partial charge is 0.161 e. The maximum atomic E-state index is 3.95. The second kappa shape index (κ2) is 2.22. The van der Waals surface area contributed by atoms with Gasteiger partial charge in [0.05, 0.1) is 6.20 Å². The summed E-state index contributed by atoms with van der Waals surface area (Å²) in [5.41, 5.74) is 2.98. The Hall–Kier alpha value is -1.60. The standard InChI is InChI=1S/C8H7N3/c1-7-9-10-8-5-3-2-4-6-11(7)8/h2-3,5-6H,1H3. The molecule has 2 heterocycles. The summed E-state index contributed by atoms with van der Waals surface area (Å²) in [4.78, 5) is 0. The number of rotatable bonds is 0. The lowest BCUT2D eigenvalue weighted by Gasteiger charge is -1.93. The van der Waals surface area contributed by atoms with Gasteiger partial charge in [-0.1, -0.05) is 6.08 Å². The van der Waals surface area contributed by atoms with Crippen LogP contribution in [0.2, 0.25) is 0 Å². The predicted octanol–water partition coefficient (Wildman–Crippen LogP) is 1.24. The molecule has 0 radical (unpaired) electrons. The molecule has 0 saturated carbocycles. The molecule has 1 aliphatic rings. The zero-order valence-corrected chi connectivity index (χ0v) is 6.15. The molecular weight excluding hydrogens is 138 g/mol. The van der Waals surface area contributed by atoms with Gasteiger partial charge in [0.2, 0.25) is 0 Å². The SMILES string of the molecule is Cc1nnc2n1C=C=CC=C2. The molecule has 0 fully saturated rings. The Morgan fingerprint density at radius 3 is 3.27 bits per heavy atom. The molecule has 0 spiro atoms. The van der Waals surface area contributed by atoms with Gasteiger partial charge in [0.25, 0.3) is 0 Å². The van der Waals surface area contributed by atoms with E-state index in [-0.39, 0.29) is 0 Å². The Morgan fingerprint density at radius 1 is 1.45 bits per heavy atom. The minimum Gasteiger partial charge on any atom is -0.279 e. The Morgan fingerprint density at radius 2 is 2.36 bits per heavy atom. The van der Waals surface area contributed by atoms with E-state index in [0.717, 1.165) is 11.6 Å². The summed E-state index contributed by atoms with van der Waals surface area (Å²) in [6, 6.07) is 0. The van der Waals surface area contributed by atoms with Crippen molar-refractivity contribution in [3.63, 3.8) is 0 Å². The maximum Gasteiger partial charge on any atom is 0.161 e. The number of nitrogens with zero attached hydrogens (tertiary/aromatic N) is 3. The molecule has 2 rings (SSSR count). The van der Waals surface area contributed by atoms with Crippen molar-refractivity contribution in [1.29, 1.82) is 0 Å². The summed E-state index contributed by atoms with van der Waals surface area (Å²) >= 11 is 0. The quantitative estimate of drug-likeness (QED) is 0.514. The first-order valence-electron chi connectivity index (χ1n) is 3.39. The van der Waals surface area contributed by atoms with E-state index in [9.17, 15) is 0 Å². The summed E-state index contributed by atoms with van der Waals surface area (Å²) in [6.45, 7) is 1.91. The Bertz CT molecular complexity index is 365. The third-order valence-corrected chi connectivity index (χ3v) is 1.53. The van der Waals surface area contributed by atoms with Crippen LogP contribution in [0.4, 0.5) is 0 Å². The van der Waals surface area contributed by atoms with Gasteiger partial charge >= 0.3 is 0 Å². The average Bonchev–Trinajstić information content (AvgIpc) is 2.25. The minimum atomic E-state index is 0.851. The highest BCUT2D eigenvalue weighted by Crippen LogP contribution is 2.05. The van der Waals surface area contributed by atoms with E-state index in [4.69, 9.17) is 0 Å². The predicted molar refractivity (Wildman–Crippen MR) is 42.6 cm³/mol. The minimum absolute atomic E-state index is 0.851. The molecule has 0 amide bonds. The van der Waals surface area contributed by atoms with Gasteiger partial charge in [-0.2, -0.15) is 0 Å². The summed E-state index contributed by atoms with van der Waals surface area (Å²) in [5.74, 6) is 1.73. The van der Waals surface area contributed by atoms with Gasteiger partial charge in [-0.15, -0.1) is 15.9 Å². The van der Waals surface area contributed by atoms with Gasteiger partial charge in [-0.3, -0.25) is 4.57 Å². The summed E-state index contributed by atoms with van der Waals surface area (Å²) < 4.78 is 1.89. The first kappa shape index (κ1) is 6.13. The summed E-state index contributed by atoms with van der Waals surface area (Å²) in [7, 11) is 0. The van der Waals surface area contributed by atoms with Crippen molar-refractivity contribution < 1.29 is 0 Å². The number of aromatic nitrogens is 3. The maximum absolute atomic E-state index is 3.95. The highest BCUT2D eigenvalue weighted by molar-refractivity contribution is 5.49. The molecule has 0 aliphatic carbocycles. The number of fused-ring (bicyclic) bond motifs is 1. The zero-order valence-electron chi connectivity index (χ0n) is 6.15. The van der Waals surface area contributed by atoms with Gasteiger partial charge < -0.3 is 0 Å². The van der Waals surface area contributed by atoms with Crippen LogP contribution in [0.5, 0.6) is 0 Å². The molecule has 54 valence electrons. The zero-order chi connectivity index (χ0) is 7.68. The van der Waals surface area contributed by atoms with Crippen LogP contribution in [-0.2, 0) is 0 Å². The van der Waals surface area contributed by atoms with E-state index in [0.29, 0.717) is 0 Å². The average molecular weight is 145 g/mol. The fourth-order valence-electron chi connectivity index (χ4n) is 0.966. The second-order valence-corrected chi connectivity index (χ2v) is 2.30. The van der Waals surface area contributed by atoms with E-state index in [2.05, 4.69) is 15.9 Å². The van der Waals surface area contributed by atoms with Gasteiger partial charge in [0.15, 0.2) is 5.82 Å². The van der Waals surface area contributed by atoms with Crippen molar-refractivity contribution in [3.05, 3.63) is 29.5 Å². The molecule has 1 aliphatic heterocycles. The topological polar surface area (TPSA) is 30.7 Å². The molecule has 0 unspecified atom stereocenters. The first-order valence-corrected chi connectivity index (χ1v) is 3.39. The van der Waals surface area contributed by atoms with Crippen LogP contribution in [0.1, 0.15) is 11.6 Å². The summed E-state index contributed by atoms with van der Waals surface area (Å²) in [6.07, 6.45) is 7.46. The highest BCUT2D eigenvalue weighted by atomic mass is 15.3. The molecule has 0 N–H and O–H groups in total. The van der Waals surface area contributed by atoms with Gasteiger partial charge in [0.1, 0.15) is 5.82 Å². The van der Waals surface area contributed by atoms with Crippen molar-refractivity contribution in [2.75, 3.05) is 0 Å². The van der Waals surface area contributed by atoms with Crippen LogP contribution in [0.3, 0.4) is 0 Å². The fraction of sp³-hybridized carbons (Fsp3) is 0.125. The van der Waals surface area contributed by atoms with Crippen LogP contribution in [-0.4, -0.2) is 14.8 Å². The van der Waals surface area contributed by atoms with Crippen molar-refractivity contribution in [2.45, 2.75) is 6.92 Å². The van der Waals surface area contributed by atoms with Crippen LogP contribution >= 0.6 is 0 Å². The largest absolute Gasteiger partial charge is 0.279 e. The molecule has 0 bridgehead atoms. The van der Waals surface area contributed by atoms with Crippen LogP contribution < -0.4 is 0 Å². The van der Waals surface area contributed by atoms with E-state index >= 15 is 0 Å². The molecular formula is C8H7N3. The normalized spacial score (nSPS) is 13.2. The number of aryl methyl sites for hydroxylation is 1. The molecule has 3 heteroatoms. The van der Waals surface area contributed by atoms with Crippen molar-refractivity contribution in [1.82, 2.24) is 14.8 Å². The monoisotopic (exact) mass is 145 g/mol. The summed E-state index contributed by atoms with van der Waals surface area (Å²) in [5, 5.41) is 7.87. The van der Waals surface area contributed by atoms with Crippen molar-refractivity contribution >= 4 is 12.3 Å². The van der Waals surface area contributed by atoms with Crippen LogP contribution in [0, 0.1) is 6.92 Å². The molecule has 3 nitrogen and oxygen atoms in total. The highest BCUT2D eigenvalue weighted by Gasteiger charge is 2.02. The Kier molecular flexibility index (Phi) is 1.24. The van der Waals surface area contributed by atoms with E-state index in [1.54, 1.807) is 0 Å². The third kappa shape index (κ3) is 0.914. The van der Waals surface area contributed by atoms with Gasteiger partial charge in [-0.05, 0) is 19.1 Å². The second-order valence-electron chi connectivity index (χ2n) is 2.30. The van der Waals surface area contributed by atoms with E-state index in [1.165, 1.54) is 0 Å². The fourth-order valence-corrected chi connectivity index (χ4v) is 0.966.